The Labute approximate surface area is 181 Å². The molecule has 2 aromatic carbocycles. The van der Waals surface area contributed by atoms with Gasteiger partial charge >= 0.3 is 0 Å². The van der Waals surface area contributed by atoms with Gasteiger partial charge in [-0.3, -0.25) is 9.59 Å². The minimum absolute atomic E-state index is 0.126. The van der Waals surface area contributed by atoms with Gasteiger partial charge in [-0.05, 0) is 56.0 Å². The summed E-state index contributed by atoms with van der Waals surface area (Å²) in [4.78, 5) is 27.0. The van der Waals surface area contributed by atoms with Gasteiger partial charge in [0.2, 0.25) is 5.91 Å². The zero-order chi connectivity index (χ0) is 21.4. The highest BCUT2D eigenvalue weighted by molar-refractivity contribution is 9.10. The third kappa shape index (κ3) is 6.60. The second-order valence-corrected chi connectivity index (χ2v) is 7.93. The molecule has 29 heavy (non-hydrogen) atoms. The molecule has 2 rings (SSSR count). The van der Waals surface area contributed by atoms with Crippen molar-refractivity contribution in [1.82, 2.24) is 10.2 Å². The molecule has 6 heteroatoms. The lowest BCUT2D eigenvalue weighted by Gasteiger charge is -2.28. The lowest BCUT2D eigenvalue weighted by molar-refractivity contribution is -0.142. The van der Waals surface area contributed by atoms with Crippen molar-refractivity contribution in [2.24, 2.45) is 0 Å². The summed E-state index contributed by atoms with van der Waals surface area (Å²) in [7, 11) is 0. The van der Waals surface area contributed by atoms with E-state index in [2.05, 4.69) is 21.2 Å². The highest BCUT2D eigenvalue weighted by atomic mass is 79.9. The van der Waals surface area contributed by atoms with Gasteiger partial charge in [-0.25, -0.2) is 0 Å². The molecule has 0 aliphatic rings. The van der Waals surface area contributed by atoms with Gasteiger partial charge < -0.3 is 15.0 Å². The first-order valence-electron chi connectivity index (χ1n) is 9.84. The Morgan fingerprint density at radius 1 is 1.14 bits per heavy atom. The molecule has 0 aromatic heterocycles. The molecule has 0 saturated carbocycles. The molecule has 1 N–H and O–H groups in total. The van der Waals surface area contributed by atoms with Crippen molar-refractivity contribution in [2.75, 3.05) is 13.2 Å². The van der Waals surface area contributed by atoms with Crippen LogP contribution < -0.4 is 10.1 Å². The summed E-state index contributed by atoms with van der Waals surface area (Å²) in [5, 5.41) is 2.87. The van der Waals surface area contributed by atoms with Crippen LogP contribution in [0.25, 0.3) is 0 Å². The molecule has 156 valence electrons. The van der Waals surface area contributed by atoms with Gasteiger partial charge in [-0.2, -0.15) is 0 Å². The van der Waals surface area contributed by atoms with Crippen LogP contribution in [0, 0.1) is 13.8 Å². The summed E-state index contributed by atoms with van der Waals surface area (Å²) >= 11 is 3.53. The normalized spacial score (nSPS) is 11.6. The first-order chi connectivity index (χ1) is 13.8. The molecule has 2 aromatic rings. The maximum Gasteiger partial charge on any atom is 0.261 e. The molecule has 0 fully saturated rings. The van der Waals surface area contributed by atoms with E-state index in [4.69, 9.17) is 4.74 Å². The smallest absolute Gasteiger partial charge is 0.261 e. The number of aryl methyl sites for hydroxylation is 2. The standard InChI is InChI=1S/C23H29BrN2O3/c1-5-11-25-23(28)18(4)26(14-19-9-7-6-8-10-19)21(27)15-29-20-12-16(2)22(24)17(3)13-20/h6-10,12-13,18H,5,11,14-15H2,1-4H3,(H,25,28). The van der Waals surface area contributed by atoms with Gasteiger partial charge in [0.25, 0.3) is 5.91 Å². The Balaban J connectivity index is 2.13. The van der Waals surface area contributed by atoms with Gasteiger partial charge in [0, 0.05) is 17.6 Å². The van der Waals surface area contributed by atoms with E-state index in [0.717, 1.165) is 27.6 Å². The summed E-state index contributed by atoms with van der Waals surface area (Å²) in [6, 6.07) is 12.8. The van der Waals surface area contributed by atoms with Crippen LogP contribution in [0.1, 0.15) is 37.0 Å². The van der Waals surface area contributed by atoms with E-state index >= 15 is 0 Å². The number of benzene rings is 2. The summed E-state index contributed by atoms with van der Waals surface area (Å²) in [6.07, 6.45) is 0.844. The summed E-state index contributed by atoms with van der Waals surface area (Å²) in [5.74, 6) is 0.247. The molecule has 2 amide bonds. The Morgan fingerprint density at radius 2 is 1.76 bits per heavy atom. The topological polar surface area (TPSA) is 58.6 Å². The summed E-state index contributed by atoms with van der Waals surface area (Å²) < 4.78 is 6.80. The number of halogens is 1. The van der Waals surface area contributed by atoms with Crippen molar-refractivity contribution in [3.05, 3.63) is 63.6 Å². The van der Waals surface area contributed by atoms with Crippen LogP contribution in [-0.4, -0.2) is 35.9 Å². The quantitative estimate of drug-likeness (QED) is 0.603. The fraction of sp³-hybridized carbons (Fsp3) is 0.391. The van der Waals surface area contributed by atoms with Crippen LogP contribution in [0.5, 0.6) is 5.75 Å². The number of hydrogen-bond acceptors (Lipinski definition) is 3. The average Bonchev–Trinajstić information content (AvgIpc) is 2.72. The number of ether oxygens (including phenoxy) is 1. The minimum Gasteiger partial charge on any atom is -0.484 e. The SMILES string of the molecule is CCCNC(=O)C(C)N(Cc1ccccc1)C(=O)COc1cc(C)c(Br)c(C)c1. The Morgan fingerprint density at radius 3 is 2.34 bits per heavy atom. The molecule has 0 heterocycles. The number of nitrogens with zero attached hydrogens (tertiary/aromatic N) is 1. The van der Waals surface area contributed by atoms with Crippen LogP contribution in [-0.2, 0) is 16.1 Å². The minimum atomic E-state index is -0.591. The second-order valence-electron chi connectivity index (χ2n) is 7.13. The molecule has 0 aliphatic heterocycles. The zero-order valence-electron chi connectivity index (χ0n) is 17.5. The molecule has 1 unspecified atom stereocenters. The maximum absolute atomic E-state index is 13.0. The number of carbonyl (C=O) groups is 2. The Hall–Kier alpha value is -2.34. The van der Waals surface area contributed by atoms with Crippen LogP contribution in [0.15, 0.2) is 46.9 Å². The first kappa shape index (κ1) is 22.9. The van der Waals surface area contributed by atoms with Crippen molar-refractivity contribution in [1.29, 1.82) is 0 Å². The van der Waals surface area contributed by atoms with Gasteiger partial charge in [0.05, 0.1) is 0 Å². The molecule has 0 bridgehead atoms. The van der Waals surface area contributed by atoms with Gasteiger partial charge in [-0.1, -0.05) is 53.2 Å². The molecule has 0 saturated heterocycles. The van der Waals surface area contributed by atoms with Gasteiger partial charge in [0.1, 0.15) is 11.8 Å². The van der Waals surface area contributed by atoms with Crippen molar-refractivity contribution in [3.8, 4) is 5.75 Å². The van der Waals surface area contributed by atoms with E-state index in [1.165, 1.54) is 0 Å². The van der Waals surface area contributed by atoms with Crippen LogP contribution in [0.2, 0.25) is 0 Å². The maximum atomic E-state index is 13.0. The molecule has 0 aliphatic carbocycles. The van der Waals surface area contributed by atoms with Crippen molar-refractivity contribution < 1.29 is 14.3 Å². The Bertz CT molecular complexity index is 816. The van der Waals surface area contributed by atoms with Gasteiger partial charge in [0.15, 0.2) is 6.61 Å². The van der Waals surface area contributed by atoms with Crippen molar-refractivity contribution in [3.63, 3.8) is 0 Å². The van der Waals surface area contributed by atoms with E-state index in [1.807, 2.05) is 63.2 Å². The third-order valence-electron chi connectivity index (χ3n) is 4.68. The van der Waals surface area contributed by atoms with Crippen LogP contribution in [0.3, 0.4) is 0 Å². The number of amides is 2. The highest BCUT2D eigenvalue weighted by Gasteiger charge is 2.26. The predicted molar refractivity (Wildman–Crippen MR) is 119 cm³/mol. The zero-order valence-corrected chi connectivity index (χ0v) is 19.1. The van der Waals surface area contributed by atoms with Crippen molar-refractivity contribution in [2.45, 2.75) is 46.7 Å². The average molecular weight is 461 g/mol. The predicted octanol–water partition coefficient (Wildman–Crippen LogP) is 4.39. The number of hydrogen-bond donors (Lipinski definition) is 1. The Kier molecular flexibility index (Phi) is 8.70. The number of carbonyl (C=O) groups excluding carboxylic acids is 2. The summed E-state index contributed by atoms with van der Waals surface area (Å²) in [6.45, 7) is 8.51. The molecule has 5 nitrogen and oxygen atoms in total. The van der Waals surface area contributed by atoms with Gasteiger partial charge in [-0.15, -0.1) is 0 Å². The summed E-state index contributed by atoms with van der Waals surface area (Å²) in [5.41, 5.74) is 3.05. The van der Waals surface area contributed by atoms with E-state index in [-0.39, 0.29) is 18.4 Å². The molecule has 1 atom stereocenters. The molecular weight excluding hydrogens is 432 g/mol. The third-order valence-corrected chi connectivity index (χ3v) is 5.94. The number of rotatable bonds is 9. The first-order valence-corrected chi connectivity index (χ1v) is 10.6. The lowest BCUT2D eigenvalue weighted by Crippen LogP contribution is -2.49. The lowest BCUT2D eigenvalue weighted by atomic mass is 10.1. The monoisotopic (exact) mass is 460 g/mol. The fourth-order valence-electron chi connectivity index (χ4n) is 2.98. The van der Waals surface area contributed by atoms with E-state index in [9.17, 15) is 9.59 Å². The molecular formula is C23H29BrN2O3. The number of nitrogens with one attached hydrogen (secondary N) is 1. The second kappa shape index (κ2) is 11.0. The molecule has 0 radical (unpaired) electrons. The highest BCUT2D eigenvalue weighted by Crippen LogP contribution is 2.26. The fourth-order valence-corrected chi connectivity index (χ4v) is 3.21. The van der Waals surface area contributed by atoms with Crippen LogP contribution >= 0.6 is 15.9 Å². The largest absolute Gasteiger partial charge is 0.484 e. The van der Waals surface area contributed by atoms with Crippen LogP contribution in [0.4, 0.5) is 0 Å². The van der Waals surface area contributed by atoms with E-state index in [0.29, 0.717) is 18.8 Å². The van der Waals surface area contributed by atoms with E-state index in [1.54, 1.807) is 11.8 Å². The van der Waals surface area contributed by atoms with Crippen molar-refractivity contribution >= 4 is 27.7 Å². The molecule has 0 spiro atoms. The van der Waals surface area contributed by atoms with E-state index < -0.39 is 6.04 Å².